The van der Waals surface area contributed by atoms with Gasteiger partial charge in [-0.05, 0) is 12.1 Å². The van der Waals surface area contributed by atoms with E-state index in [1.165, 1.54) is 0 Å². The van der Waals surface area contributed by atoms with Crippen molar-refractivity contribution in [1.29, 1.82) is 0 Å². The Labute approximate surface area is 75.5 Å². The van der Waals surface area contributed by atoms with Crippen LogP contribution in [0, 0.1) is 5.82 Å². The summed E-state index contributed by atoms with van der Waals surface area (Å²) in [5.41, 5.74) is 0. The maximum atomic E-state index is 12.5. The van der Waals surface area contributed by atoms with Crippen LogP contribution in [-0.4, -0.2) is 19.8 Å². The molecule has 1 aromatic carbocycles. The summed E-state index contributed by atoms with van der Waals surface area (Å²) in [7, 11) is -3.45. The average Bonchev–Trinajstić information content (AvgIpc) is 1.82. The van der Waals surface area contributed by atoms with Crippen molar-refractivity contribution in [3.8, 4) is 5.75 Å². The van der Waals surface area contributed by atoms with E-state index in [9.17, 15) is 12.8 Å². The summed E-state index contributed by atoms with van der Waals surface area (Å²) in [5.74, 6) is -1.16. The van der Waals surface area contributed by atoms with E-state index in [0.717, 1.165) is 24.5 Å². The molecule has 74 valence electrons. The standard InChI is InChI=1S/C7H7FO3S.H3N/c1-12(10,11)7-3-5(8)2-6(9)4-7;/h2-4,9H,1H3;1H3. The van der Waals surface area contributed by atoms with E-state index in [0.29, 0.717) is 0 Å². The molecule has 0 saturated heterocycles. The molecule has 0 aliphatic heterocycles. The molecule has 0 bridgehead atoms. The molecule has 0 saturated carbocycles. The zero-order valence-corrected chi connectivity index (χ0v) is 7.81. The third kappa shape index (κ3) is 3.00. The van der Waals surface area contributed by atoms with Gasteiger partial charge in [0.15, 0.2) is 9.84 Å². The lowest BCUT2D eigenvalue weighted by Gasteiger charge is -1.98. The monoisotopic (exact) mass is 207 g/mol. The van der Waals surface area contributed by atoms with E-state index in [-0.39, 0.29) is 11.0 Å². The van der Waals surface area contributed by atoms with Crippen molar-refractivity contribution in [1.82, 2.24) is 6.15 Å². The van der Waals surface area contributed by atoms with Gasteiger partial charge in [-0.1, -0.05) is 0 Å². The van der Waals surface area contributed by atoms with Gasteiger partial charge in [0, 0.05) is 12.3 Å². The molecule has 0 amide bonds. The van der Waals surface area contributed by atoms with Gasteiger partial charge in [-0.2, -0.15) is 0 Å². The fourth-order valence-corrected chi connectivity index (χ4v) is 1.42. The Kier molecular flexibility index (Phi) is 3.39. The molecule has 1 aromatic rings. The second kappa shape index (κ2) is 3.71. The van der Waals surface area contributed by atoms with Crippen LogP contribution in [0.1, 0.15) is 0 Å². The Morgan fingerprint density at radius 2 is 1.85 bits per heavy atom. The summed E-state index contributed by atoms with van der Waals surface area (Å²) in [5, 5.41) is 8.85. The fourth-order valence-electron chi connectivity index (χ4n) is 0.762. The second-order valence-corrected chi connectivity index (χ2v) is 4.43. The minimum atomic E-state index is -3.45. The summed E-state index contributed by atoms with van der Waals surface area (Å²) >= 11 is 0. The number of sulfone groups is 1. The van der Waals surface area contributed by atoms with Crippen LogP contribution < -0.4 is 6.15 Å². The smallest absolute Gasteiger partial charge is 0.175 e. The van der Waals surface area contributed by atoms with Gasteiger partial charge >= 0.3 is 0 Å². The minimum absolute atomic E-state index is 0. The largest absolute Gasteiger partial charge is 0.508 e. The summed E-state index contributed by atoms with van der Waals surface area (Å²) < 4.78 is 34.3. The van der Waals surface area contributed by atoms with Crippen molar-refractivity contribution in [3.05, 3.63) is 24.0 Å². The number of phenolic OH excluding ortho intramolecular Hbond substituents is 1. The van der Waals surface area contributed by atoms with Crippen molar-refractivity contribution in [2.24, 2.45) is 0 Å². The molecule has 0 atom stereocenters. The summed E-state index contributed by atoms with van der Waals surface area (Å²) in [6.07, 6.45) is 0.946. The van der Waals surface area contributed by atoms with E-state index in [2.05, 4.69) is 0 Å². The first kappa shape index (κ1) is 11.9. The molecule has 0 heterocycles. The SMILES string of the molecule is CS(=O)(=O)c1cc(O)cc(F)c1.N. The molecule has 4 nitrogen and oxygen atoms in total. The Morgan fingerprint density at radius 1 is 1.31 bits per heavy atom. The summed E-state index contributed by atoms with van der Waals surface area (Å²) in [6.45, 7) is 0. The van der Waals surface area contributed by atoms with Crippen LogP contribution >= 0.6 is 0 Å². The van der Waals surface area contributed by atoms with Crippen molar-refractivity contribution in [2.75, 3.05) is 6.26 Å². The number of phenols is 1. The van der Waals surface area contributed by atoms with Gasteiger partial charge in [0.1, 0.15) is 11.6 Å². The molecule has 1 rings (SSSR count). The van der Waals surface area contributed by atoms with Gasteiger partial charge < -0.3 is 11.3 Å². The molecule has 0 radical (unpaired) electrons. The molecule has 0 aromatic heterocycles. The maximum absolute atomic E-state index is 12.5. The highest BCUT2D eigenvalue weighted by Gasteiger charge is 2.09. The van der Waals surface area contributed by atoms with E-state index in [1.807, 2.05) is 0 Å². The average molecular weight is 207 g/mol. The molecule has 0 aliphatic rings. The molecule has 4 N–H and O–H groups in total. The number of hydrogen-bond donors (Lipinski definition) is 2. The van der Waals surface area contributed by atoms with Crippen LogP contribution in [0.25, 0.3) is 0 Å². The fraction of sp³-hybridized carbons (Fsp3) is 0.143. The van der Waals surface area contributed by atoms with E-state index in [1.54, 1.807) is 0 Å². The topological polar surface area (TPSA) is 89.4 Å². The van der Waals surface area contributed by atoms with Crippen molar-refractivity contribution in [3.63, 3.8) is 0 Å². The highest BCUT2D eigenvalue weighted by Crippen LogP contribution is 2.18. The lowest BCUT2D eigenvalue weighted by Crippen LogP contribution is -1.97. The quantitative estimate of drug-likeness (QED) is 0.721. The molecule has 13 heavy (non-hydrogen) atoms. The van der Waals surface area contributed by atoms with Crippen LogP contribution in [-0.2, 0) is 9.84 Å². The van der Waals surface area contributed by atoms with Crippen LogP contribution in [0.3, 0.4) is 0 Å². The molecule has 0 aliphatic carbocycles. The third-order valence-corrected chi connectivity index (χ3v) is 2.38. The minimum Gasteiger partial charge on any atom is -0.508 e. The van der Waals surface area contributed by atoms with Gasteiger partial charge in [0.25, 0.3) is 0 Å². The number of rotatable bonds is 1. The second-order valence-electron chi connectivity index (χ2n) is 2.42. The van der Waals surface area contributed by atoms with Crippen LogP contribution in [0.2, 0.25) is 0 Å². The maximum Gasteiger partial charge on any atom is 0.175 e. The molecular weight excluding hydrogens is 197 g/mol. The first-order valence-electron chi connectivity index (χ1n) is 3.09. The highest BCUT2D eigenvalue weighted by atomic mass is 32.2. The number of hydrogen-bond acceptors (Lipinski definition) is 4. The molecular formula is C7H10FNO3S. The lowest BCUT2D eigenvalue weighted by molar-refractivity contribution is 0.466. The predicted octanol–water partition coefficient (Wildman–Crippen LogP) is 1.10. The zero-order chi connectivity index (χ0) is 9.35. The molecule has 6 heteroatoms. The first-order chi connectivity index (χ1) is 5.39. The van der Waals surface area contributed by atoms with E-state index in [4.69, 9.17) is 5.11 Å². The lowest BCUT2D eigenvalue weighted by atomic mass is 10.3. The zero-order valence-electron chi connectivity index (χ0n) is 6.99. The van der Waals surface area contributed by atoms with Gasteiger partial charge in [0.05, 0.1) is 4.90 Å². The Bertz CT molecular complexity index is 382. The van der Waals surface area contributed by atoms with E-state index >= 15 is 0 Å². The van der Waals surface area contributed by atoms with Gasteiger partial charge in [-0.25, -0.2) is 12.8 Å². The highest BCUT2D eigenvalue weighted by molar-refractivity contribution is 7.90. The number of benzene rings is 1. The van der Waals surface area contributed by atoms with Crippen molar-refractivity contribution in [2.45, 2.75) is 4.90 Å². The number of halogens is 1. The first-order valence-corrected chi connectivity index (χ1v) is 4.98. The number of aromatic hydroxyl groups is 1. The molecule has 0 unspecified atom stereocenters. The predicted molar refractivity (Wildman–Crippen MR) is 46.2 cm³/mol. The van der Waals surface area contributed by atoms with Gasteiger partial charge in [-0.15, -0.1) is 0 Å². The summed E-state index contributed by atoms with van der Waals surface area (Å²) in [4.78, 5) is -0.222. The van der Waals surface area contributed by atoms with Crippen molar-refractivity contribution >= 4 is 9.84 Å². The Morgan fingerprint density at radius 3 is 2.23 bits per heavy atom. The summed E-state index contributed by atoms with van der Waals surface area (Å²) in [6, 6.07) is 2.70. The van der Waals surface area contributed by atoms with Gasteiger partial charge in [0.2, 0.25) is 0 Å². The molecule has 0 spiro atoms. The van der Waals surface area contributed by atoms with Crippen LogP contribution in [0.4, 0.5) is 4.39 Å². The molecule has 0 fully saturated rings. The van der Waals surface area contributed by atoms with Crippen LogP contribution in [0.15, 0.2) is 23.1 Å². The van der Waals surface area contributed by atoms with E-state index < -0.39 is 21.4 Å². The Balaban J connectivity index is 0.00000144. The van der Waals surface area contributed by atoms with Crippen molar-refractivity contribution < 1.29 is 17.9 Å². The van der Waals surface area contributed by atoms with Crippen LogP contribution in [0.5, 0.6) is 5.75 Å². The van der Waals surface area contributed by atoms with Gasteiger partial charge in [-0.3, -0.25) is 0 Å². The Hall–Kier alpha value is -1.14. The normalized spacial score (nSPS) is 10.6. The third-order valence-electron chi connectivity index (χ3n) is 1.28.